The van der Waals surface area contributed by atoms with Gasteiger partial charge in [0.2, 0.25) is 0 Å². The van der Waals surface area contributed by atoms with Crippen LogP contribution in [0.25, 0.3) is 0 Å². The Labute approximate surface area is 98.9 Å². The number of aliphatic carboxylic acids is 2. The third kappa shape index (κ3) is 5.99. The van der Waals surface area contributed by atoms with Gasteiger partial charge in [-0.1, -0.05) is 0 Å². The van der Waals surface area contributed by atoms with E-state index in [4.69, 9.17) is 15.0 Å². The summed E-state index contributed by atoms with van der Waals surface area (Å²) >= 11 is 0. The number of Topliss-reactive ketones (excluding diaryl/α,β-unsaturated/α-hetero) is 1. The molecular weight excluding hydrogens is 259 g/mol. The number of hydrogen-bond donors (Lipinski definition) is 2. The molecule has 6 nitrogen and oxygen atoms in total. The van der Waals surface area contributed by atoms with Crippen molar-refractivity contribution in [1.29, 1.82) is 0 Å². The molecule has 0 saturated carbocycles. The van der Waals surface area contributed by atoms with Gasteiger partial charge in [0.1, 0.15) is 12.0 Å². The molecule has 4 N–H and O–H groups in total. The minimum absolute atomic E-state index is 0.0307. The molecule has 1 aliphatic rings. The standard InChI is InChI=1S/C7H9NO3.C2HF3O2/c8-5-1-4(2-7(10)11)6(9)3-5;3-2(4,5)1(6)7/h1,5H,2-3,8H2,(H,10,11);(H,6,7). The van der Waals surface area contributed by atoms with Crippen molar-refractivity contribution in [3.05, 3.63) is 11.6 Å². The molecule has 0 aliphatic heterocycles. The molecule has 1 rings (SSSR count). The fourth-order valence-electron chi connectivity index (χ4n) is 1.13. The van der Waals surface area contributed by atoms with Crippen LogP contribution >= 0.6 is 0 Å². The first-order chi connectivity index (χ1) is 8.04. The molecule has 0 aromatic heterocycles. The topological polar surface area (TPSA) is 122 Å². The Morgan fingerprint density at radius 1 is 1.50 bits per heavy atom. The van der Waals surface area contributed by atoms with Gasteiger partial charge in [-0.05, 0) is 6.08 Å². The van der Waals surface area contributed by atoms with E-state index >= 15 is 0 Å². The number of halogens is 3. The van der Waals surface area contributed by atoms with Crippen molar-refractivity contribution in [3.8, 4) is 0 Å². The maximum Gasteiger partial charge on any atom is 0.430 e. The summed E-state index contributed by atoms with van der Waals surface area (Å²) in [6, 6.07) is -0.0307. The number of quaternary nitrogens is 1. The Balaban J connectivity index is 0.000000360. The zero-order chi connectivity index (χ0) is 14.5. The molecule has 0 fully saturated rings. The Bertz CT molecular complexity index is 388. The van der Waals surface area contributed by atoms with E-state index in [1.165, 1.54) is 0 Å². The van der Waals surface area contributed by atoms with E-state index in [-0.39, 0.29) is 18.2 Å². The number of carbonyl (C=O) groups excluding carboxylic acids is 2. The summed E-state index contributed by atoms with van der Waals surface area (Å²) in [5.41, 5.74) is 4.06. The molecule has 0 spiro atoms. The first-order valence-electron chi connectivity index (χ1n) is 4.61. The van der Waals surface area contributed by atoms with Gasteiger partial charge in [-0.25, -0.2) is 0 Å². The average Bonchev–Trinajstić information content (AvgIpc) is 2.43. The van der Waals surface area contributed by atoms with Crippen molar-refractivity contribution in [2.75, 3.05) is 0 Å². The van der Waals surface area contributed by atoms with Gasteiger partial charge in [0.25, 0.3) is 0 Å². The number of carbonyl (C=O) groups is 3. The van der Waals surface area contributed by atoms with Gasteiger partial charge in [0.05, 0.1) is 12.8 Å². The summed E-state index contributed by atoms with van der Waals surface area (Å²) in [6.45, 7) is 0. The number of carboxylic acid groups (broad SMARTS) is 2. The number of carboxylic acids is 2. The molecule has 0 radical (unpaired) electrons. The number of rotatable bonds is 2. The molecule has 0 amide bonds. The van der Waals surface area contributed by atoms with Gasteiger partial charge >= 0.3 is 12.1 Å². The summed E-state index contributed by atoms with van der Waals surface area (Å²) in [4.78, 5) is 29.9. The fourth-order valence-corrected chi connectivity index (χ4v) is 1.13. The molecule has 0 aromatic carbocycles. The van der Waals surface area contributed by atoms with E-state index in [1.54, 1.807) is 6.08 Å². The van der Waals surface area contributed by atoms with Gasteiger partial charge in [-0.2, -0.15) is 13.2 Å². The lowest BCUT2D eigenvalue weighted by Gasteiger charge is -2.03. The highest BCUT2D eigenvalue weighted by molar-refractivity contribution is 6.01. The van der Waals surface area contributed by atoms with Crippen molar-refractivity contribution in [2.24, 2.45) is 0 Å². The van der Waals surface area contributed by atoms with Crippen molar-refractivity contribution in [1.82, 2.24) is 0 Å². The number of ketones is 1. The van der Waals surface area contributed by atoms with Crippen molar-refractivity contribution in [2.45, 2.75) is 25.1 Å². The van der Waals surface area contributed by atoms with Crippen LogP contribution in [-0.2, 0) is 14.4 Å². The van der Waals surface area contributed by atoms with E-state index in [0.29, 0.717) is 12.0 Å². The van der Waals surface area contributed by atoms with Gasteiger partial charge in [0, 0.05) is 5.57 Å². The Hall–Kier alpha value is -1.90. The molecule has 1 atom stereocenters. The van der Waals surface area contributed by atoms with Crippen molar-refractivity contribution >= 4 is 17.7 Å². The minimum Gasteiger partial charge on any atom is -0.542 e. The molecule has 0 heterocycles. The lowest BCUT2D eigenvalue weighted by Crippen LogP contribution is -2.59. The lowest BCUT2D eigenvalue weighted by atomic mass is 10.1. The summed E-state index contributed by atoms with van der Waals surface area (Å²) in [5.74, 6) is -4.04. The smallest absolute Gasteiger partial charge is 0.430 e. The van der Waals surface area contributed by atoms with Gasteiger partial charge in [-0.3, -0.25) is 9.59 Å². The second kappa shape index (κ2) is 6.15. The van der Waals surface area contributed by atoms with E-state index < -0.39 is 18.1 Å². The fraction of sp³-hybridized carbons (Fsp3) is 0.444. The van der Waals surface area contributed by atoms with Crippen LogP contribution in [0.2, 0.25) is 0 Å². The maximum atomic E-state index is 10.9. The summed E-state index contributed by atoms with van der Waals surface area (Å²) in [5, 5.41) is 17.1. The molecule has 0 aromatic rings. The Morgan fingerprint density at radius 2 is 1.94 bits per heavy atom. The van der Waals surface area contributed by atoms with Crippen LogP contribution in [0.15, 0.2) is 11.6 Å². The van der Waals surface area contributed by atoms with Gasteiger partial charge < -0.3 is 20.7 Å². The Kier molecular flexibility index (Phi) is 5.50. The number of alkyl halides is 3. The monoisotopic (exact) mass is 269 g/mol. The second-order valence-electron chi connectivity index (χ2n) is 3.44. The first kappa shape index (κ1) is 16.1. The summed E-state index contributed by atoms with van der Waals surface area (Å²) in [6.07, 6.45) is -3.36. The SMILES string of the molecule is O=C([O-])C(F)(F)F.[NH3+]C1C=C(CC(=O)O)C(=O)C1. The molecule has 0 saturated heterocycles. The average molecular weight is 269 g/mol. The molecule has 1 aliphatic carbocycles. The molecule has 102 valence electrons. The molecule has 9 heteroatoms. The van der Waals surface area contributed by atoms with Gasteiger partial charge in [0.15, 0.2) is 5.78 Å². The molecule has 0 bridgehead atoms. The normalized spacial score (nSPS) is 18.8. The minimum atomic E-state index is -5.19. The van der Waals surface area contributed by atoms with Crippen molar-refractivity contribution < 1.29 is 43.5 Å². The predicted molar refractivity (Wildman–Crippen MR) is 47.7 cm³/mol. The van der Waals surface area contributed by atoms with Crippen LogP contribution in [0.4, 0.5) is 13.2 Å². The van der Waals surface area contributed by atoms with Crippen LogP contribution in [0, 0.1) is 0 Å². The van der Waals surface area contributed by atoms with Crippen LogP contribution in [0.5, 0.6) is 0 Å². The maximum absolute atomic E-state index is 10.9. The molecular formula is C9H10F3NO5. The van der Waals surface area contributed by atoms with E-state index in [0.717, 1.165) is 0 Å². The summed E-state index contributed by atoms with van der Waals surface area (Å²) in [7, 11) is 0. The largest absolute Gasteiger partial charge is 0.542 e. The number of hydrogen-bond acceptors (Lipinski definition) is 4. The summed E-state index contributed by atoms with van der Waals surface area (Å²) < 4.78 is 31.5. The van der Waals surface area contributed by atoms with Crippen LogP contribution < -0.4 is 10.8 Å². The third-order valence-electron chi connectivity index (χ3n) is 1.82. The van der Waals surface area contributed by atoms with Crippen LogP contribution in [-0.4, -0.2) is 35.0 Å². The zero-order valence-corrected chi connectivity index (χ0v) is 8.99. The first-order valence-corrected chi connectivity index (χ1v) is 4.61. The lowest BCUT2D eigenvalue weighted by molar-refractivity contribution is -0.400. The highest BCUT2D eigenvalue weighted by atomic mass is 19.4. The quantitative estimate of drug-likeness (QED) is 0.616. The van der Waals surface area contributed by atoms with Gasteiger partial charge in [-0.15, -0.1) is 0 Å². The van der Waals surface area contributed by atoms with Crippen molar-refractivity contribution in [3.63, 3.8) is 0 Å². The predicted octanol–water partition coefficient (Wildman–Crippen LogP) is -1.73. The van der Waals surface area contributed by atoms with E-state index in [1.807, 2.05) is 0 Å². The highest BCUT2D eigenvalue weighted by Gasteiger charge is 2.28. The van der Waals surface area contributed by atoms with Crippen LogP contribution in [0.3, 0.4) is 0 Å². The zero-order valence-electron chi connectivity index (χ0n) is 8.99. The highest BCUT2D eigenvalue weighted by Crippen LogP contribution is 2.15. The Morgan fingerprint density at radius 3 is 2.17 bits per heavy atom. The van der Waals surface area contributed by atoms with E-state index in [9.17, 15) is 22.8 Å². The molecule has 18 heavy (non-hydrogen) atoms. The molecule has 1 unspecified atom stereocenters. The van der Waals surface area contributed by atoms with E-state index in [2.05, 4.69) is 5.73 Å². The van der Waals surface area contributed by atoms with Crippen LogP contribution in [0.1, 0.15) is 12.8 Å². The third-order valence-corrected chi connectivity index (χ3v) is 1.82. The second-order valence-corrected chi connectivity index (χ2v) is 3.44.